The normalized spacial score (nSPS) is 11.7. The van der Waals surface area contributed by atoms with Crippen LogP contribution in [0.25, 0.3) is 28.2 Å². The lowest BCUT2D eigenvalue weighted by atomic mass is 9.95. The fourth-order valence-electron chi connectivity index (χ4n) is 3.66. The molecule has 0 saturated heterocycles. The summed E-state index contributed by atoms with van der Waals surface area (Å²) in [7, 11) is 3.64. The number of hydrogen-bond donors (Lipinski definition) is 2. The molecule has 0 unspecified atom stereocenters. The zero-order valence-corrected chi connectivity index (χ0v) is 18.8. The van der Waals surface area contributed by atoms with Crippen LogP contribution in [0.5, 0.6) is 0 Å². The first-order valence-corrected chi connectivity index (χ1v) is 10.5. The quantitative estimate of drug-likeness (QED) is 0.492. The van der Waals surface area contributed by atoms with Gasteiger partial charge in [-0.3, -0.25) is 14.5 Å². The van der Waals surface area contributed by atoms with Crippen LogP contribution in [0.2, 0.25) is 0 Å². The molecule has 0 saturated carbocycles. The number of nitrogens with two attached hydrogens (primary N) is 1. The molecule has 3 aromatic heterocycles. The number of nitrogens with one attached hydrogen (secondary N) is 1. The van der Waals surface area contributed by atoms with Gasteiger partial charge < -0.3 is 15.6 Å². The van der Waals surface area contributed by atoms with Gasteiger partial charge in [-0.1, -0.05) is 18.2 Å². The van der Waals surface area contributed by atoms with Gasteiger partial charge >= 0.3 is 5.69 Å². The number of hydrogen-bond acceptors (Lipinski definition) is 5. The van der Waals surface area contributed by atoms with Gasteiger partial charge in [0, 0.05) is 43.3 Å². The summed E-state index contributed by atoms with van der Waals surface area (Å²) in [6, 6.07) is 15.7. The van der Waals surface area contributed by atoms with Crippen molar-refractivity contribution < 1.29 is 0 Å². The van der Waals surface area contributed by atoms with Crippen LogP contribution in [0.3, 0.4) is 0 Å². The lowest BCUT2D eigenvalue weighted by molar-refractivity contribution is 0.554. The van der Waals surface area contributed by atoms with Gasteiger partial charge in [-0.15, -0.1) is 0 Å². The van der Waals surface area contributed by atoms with Crippen LogP contribution in [-0.2, 0) is 19.1 Å². The molecular weight excluding hydrogens is 400 g/mol. The van der Waals surface area contributed by atoms with E-state index in [1.165, 1.54) is 0 Å². The highest BCUT2D eigenvalue weighted by molar-refractivity contribution is 5.69. The molecule has 0 atom stereocenters. The summed E-state index contributed by atoms with van der Waals surface area (Å²) in [5.74, 6) is 0. The molecule has 7 heteroatoms. The molecule has 0 amide bonds. The van der Waals surface area contributed by atoms with Gasteiger partial charge in [0.15, 0.2) is 0 Å². The first kappa shape index (κ1) is 21.7. The van der Waals surface area contributed by atoms with E-state index in [0.717, 1.165) is 40.3 Å². The second-order valence-corrected chi connectivity index (χ2v) is 8.51. The Morgan fingerprint density at radius 2 is 1.78 bits per heavy atom. The minimum absolute atomic E-state index is 0.134. The molecule has 32 heavy (non-hydrogen) atoms. The molecule has 3 N–H and O–H groups in total. The van der Waals surface area contributed by atoms with Gasteiger partial charge in [0.05, 0.1) is 22.8 Å². The van der Waals surface area contributed by atoms with Gasteiger partial charge in [-0.25, -0.2) is 4.79 Å². The van der Waals surface area contributed by atoms with Crippen LogP contribution in [-0.4, -0.2) is 26.1 Å². The van der Waals surface area contributed by atoms with E-state index in [9.17, 15) is 4.79 Å². The highest BCUT2D eigenvalue weighted by Crippen LogP contribution is 2.26. The van der Waals surface area contributed by atoms with E-state index in [1.54, 1.807) is 22.4 Å². The number of imidazole rings is 1. The third kappa shape index (κ3) is 4.26. The monoisotopic (exact) mass is 428 g/mol. The third-order valence-electron chi connectivity index (χ3n) is 5.46. The average molecular weight is 429 g/mol. The summed E-state index contributed by atoms with van der Waals surface area (Å²) in [5, 5.41) is 3.10. The molecule has 164 valence electrons. The maximum absolute atomic E-state index is 13.0. The smallest absolute Gasteiger partial charge is 0.322 e. The standard InChI is InChI=1S/C25H28N6O/c1-25(2,26)19-6-9-21(10-7-19)31-23(16-30(4)24(31)32)22-13-17(11-12-28-22)18-5-8-20(15-27-3)29-14-18/h5-14,16,27H,15,26H2,1-4H3. The molecule has 4 rings (SSSR count). The molecule has 0 aliphatic rings. The summed E-state index contributed by atoms with van der Waals surface area (Å²) in [6.45, 7) is 4.63. The Balaban J connectivity index is 1.76. The number of aryl methyl sites for hydroxylation is 1. The predicted octanol–water partition coefficient (Wildman–Crippen LogP) is 3.21. The van der Waals surface area contributed by atoms with E-state index in [4.69, 9.17) is 5.73 Å². The lowest BCUT2D eigenvalue weighted by Gasteiger charge is -2.19. The first-order valence-electron chi connectivity index (χ1n) is 10.5. The van der Waals surface area contributed by atoms with Crippen molar-refractivity contribution in [3.05, 3.63) is 88.9 Å². The molecule has 1 aromatic carbocycles. The van der Waals surface area contributed by atoms with Gasteiger partial charge in [0.2, 0.25) is 0 Å². The maximum Gasteiger partial charge on any atom is 0.333 e. The number of benzene rings is 1. The van der Waals surface area contributed by atoms with Crippen LogP contribution in [0, 0.1) is 0 Å². The predicted molar refractivity (Wildman–Crippen MR) is 127 cm³/mol. The summed E-state index contributed by atoms with van der Waals surface area (Å²) >= 11 is 0. The SMILES string of the molecule is CNCc1ccc(-c2ccnc(-c3cn(C)c(=O)n3-c3ccc(C(C)(C)N)cc3)c2)cn1. The van der Waals surface area contributed by atoms with Crippen molar-refractivity contribution in [2.75, 3.05) is 7.05 Å². The van der Waals surface area contributed by atoms with Crippen molar-refractivity contribution in [3.8, 4) is 28.2 Å². The van der Waals surface area contributed by atoms with Gasteiger partial charge in [0.25, 0.3) is 0 Å². The Kier molecular flexibility index (Phi) is 5.78. The summed E-state index contributed by atoms with van der Waals surface area (Å²) in [6.07, 6.45) is 5.43. The molecule has 0 fully saturated rings. The first-order chi connectivity index (χ1) is 15.3. The highest BCUT2D eigenvalue weighted by Gasteiger charge is 2.17. The van der Waals surface area contributed by atoms with E-state index in [-0.39, 0.29) is 5.69 Å². The molecule has 0 aliphatic heterocycles. The fourth-order valence-corrected chi connectivity index (χ4v) is 3.66. The van der Waals surface area contributed by atoms with E-state index >= 15 is 0 Å². The third-order valence-corrected chi connectivity index (χ3v) is 5.46. The van der Waals surface area contributed by atoms with Crippen molar-refractivity contribution >= 4 is 0 Å². The Morgan fingerprint density at radius 3 is 2.41 bits per heavy atom. The molecule has 0 radical (unpaired) electrons. The Hall–Kier alpha value is -3.55. The van der Waals surface area contributed by atoms with Crippen molar-refractivity contribution in [2.24, 2.45) is 12.8 Å². The highest BCUT2D eigenvalue weighted by atomic mass is 16.1. The van der Waals surface area contributed by atoms with Crippen molar-refractivity contribution in [1.82, 2.24) is 24.4 Å². The largest absolute Gasteiger partial charge is 0.333 e. The fraction of sp³-hybridized carbons (Fsp3) is 0.240. The molecule has 0 aliphatic carbocycles. The average Bonchev–Trinajstić information content (AvgIpc) is 3.08. The maximum atomic E-state index is 13.0. The molecule has 0 bridgehead atoms. The summed E-state index contributed by atoms with van der Waals surface area (Å²) in [4.78, 5) is 22.0. The van der Waals surface area contributed by atoms with E-state index in [0.29, 0.717) is 5.69 Å². The molecular formula is C25H28N6O. The Labute approximate surface area is 187 Å². The van der Waals surface area contributed by atoms with Crippen LogP contribution in [0.1, 0.15) is 25.1 Å². The van der Waals surface area contributed by atoms with E-state index in [2.05, 4.69) is 15.3 Å². The number of aromatic nitrogens is 4. The van der Waals surface area contributed by atoms with E-state index < -0.39 is 5.54 Å². The zero-order valence-electron chi connectivity index (χ0n) is 18.8. The Bertz CT molecular complexity index is 1280. The minimum atomic E-state index is -0.449. The number of pyridine rings is 2. The van der Waals surface area contributed by atoms with E-state index in [1.807, 2.05) is 81.8 Å². The van der Waals surface area contributed by atoms with Crippen LogP contribution in [0.15, 0.2) is 71.9 Å². The Morgan fingerprint density at radius 1 is 1.03 bits per heavy atom. The topological polar surface area (TPSA) is 90.8 Å². The second kappa shape index (κ2) is 8.53. The minimum Gasteiger partial charge on any atom is -0.322 e. The molecule has 4 aromatic rings. The zero-order chi connectivity index (χ0) is 22.9. The van der Waals surface area contributed by atoms with Crippen molar-refractivity contribution in [1.29, 1.82) is 0 Å². The van der Waals surface area contributed by atoms with Crippen LogP contribution < -0.4 is 16.7 Å². The summed E-state index contributed by atoms with van der Waals surface area (Å²) in [5.41, 5.74) is 11.8. The number of rotatable bonds is 6. The second-order valence-electron chi connectivity index (χ2n) is 8.51. The lowest BCUT2D eigenvalue weighted by Crippen LogP contribution is -2.28. The van der Waals surface area contributed by atoms with Crippen molar-refractivity contribution in [3.63, 3.8) is 0 Å². The van der Waals surface area contributed by atoms with Crippen LogP contribution >= 0.6 is 0 Å². The van der Waals surface area contributed by atoms with Gasteiger partial charge in [-0.05, 0) is 62.4 Å². The summed E-state index contributed by atoms with van der Waals surface area (Å²) < 4.78 is 3.24. The van der Waals surface area contributed by atoms with Crippen molar-refractivity contribution in [2.45, 2.75) is 25.9 Å². The van der Waals surface area contributed by atoms with Gasteiger partial charge in [-0.2, -0.15) is 0 Å². The van der Waals surface area contributed by atoms with Crippen LogP contribution in [0.4, 0.5) is 0 Å². The molecule has 0 spiro atoms. The molecule has 3 heterocycles. The van der Waals surface area contributed by atoms with Gasteiger partial charge in [0.1, 0.15) is 0 Å². The number of nitrogens with zero attached hydrogens (tertiary/aromatic N) is 4. The molecule has 7 nitrogen and oxygen atoms in total.